The van der Waals surface area contributed by atoms with E-state index in [0.717, 1.165) is 38.0 Å². The van der Waals surface area contributed by atoms with E-state index in [-0.39, 0.29) is 11.5 Å². The third-order valence-electron chi connectivity index (χ3n) is 4.70. The van der Waals surface area contributed by atoms with Gasteiger partial charge in [-0.3, -0.25) is 9.59 Å². The van der Waals surface area contributed by atoms with E-state index >= 15 is 0 Å². The van der Waals surface area contributed by atoms with Crippen LogP contribution in [-0.4, -0.2) is 43.9 Å². The Morgan fingerprint density at radius 2 is 1.78 bits per heavy atom. The van der Waals surface area contributed by atoms with Gasteiger partial charge in [0.1, 0.15) is 5.82 Å². The molecule has 1 aliphatic heterocycles. The molecule has 142 valence electrons. The van der Waals surface area contributed by atoms with Crippen molar-refractivity contribution in [2.75, 3.05) is 37.4 Å². The van der Waals surface area contributed by atoms with Crippen LogP contribution in [0.2, 0.25) is 0 Å². The number of piperidine rings is 1. The van der Waals surface area contributed by atoms with E-state index in [1.807, 2.05) is 30.0 Å². The van der Waals surface area contributed by atoms with Gasteiger partial charge in [-0.15, -0.1) is 0 Å². The molecule has 3 rings (SSSR count). The molecule has 27 heavy (non-hydrogen) atoms. The van der Waals surface area contributed by atoms with E-state index in [4.69, 9.17) is 0 Å². The molecular weight excluding hydrogens is 345 g/mol. The molecule has 0 saturated carbocycles. The van der Waals surface area contributed by atoms with Crippen LogP contribution >= 0.6 is 0 Å². The zero-order valence-electron chi connectivity index (χ0n) is 15.7. The molecule has 6 heteroatoms. The summed E-state index contributed by atoms with van der Waals surface area (Å²) in [5, 5.41) is 2.75. The fourth-order valence-corrected chi connectivity index (χ4v) is 3.28. The van der Waals surface area contributed by atoms with Crippen molar-refractivity contribution in [1.82, 2.24) is 4.90 Å². The van der Waals surface area contributed by atoms with Crippen molar-refractivity contribution in [1.29, 1.82) is 0 Å². The van der Waals surface area contributed by atoms with Gasteiger partial charge in [-0.2, -0.15) is 0 Å². The number of amides is 2. The van der Waals surface area contributed by atoms with Crippen LogP contribution in [0.25, 0.3) is 0 Å². The maximum atomic E-state index is 13.3. The Balaban J connectivity index is 1.86. The molecule has 0 aliphatic carbocycles. The number of anilines is 2. The summed E-state index contributed by atoms with van der Waals surface area (Å²) in [6.07, 6.45) is 3.17. The maximum absolute atomic E-state index is 13.3. The van der Waals surface area contributed by atoms with E-state index in [2.05, 4.69) is 5.32 Å². The van der Waals surface area contributed by atoms with Crippen LogP contribution in [0, 0.1) is 5.82 Å². The molecule has 0 spiro atoms. The predicted molar refractivity (Wildman–Crippen MR) is 105 cm³/mol. The van der Waals surface area contributed by atoms with Gasteiger partial charge in [-0.1, -0.05) is 6.07 Å². The number of benzene rings is 2. The van der Waals surface area contributed by atoms with Crippen LogP contribution in [0.4, 0.5) is 15.8 Å². The van der Waals surface area contributed by atoms with Crippen molar-refractivity contribution in [3.8, 4) is 0 Å². The summed E-state index contributed by atoms with van der Waals surface area (Å²) >= 11 is 0. The minimum absolute atomic E-state index is 0.0275. The minimum atomic E-state index is -0.466. The van der Waals surface area contributed by atoms with Gasteiger partial charge in [0.2, 0.25) is 0 Å². The van der Waals surface area contributed by atoms with E-state index < -0.39 is 11.7 Å². The molecule has 2 amide bonds. The Morgan fingerprint density at radius 1 is 1.04 bits per heavy atom. The number of hydrogen-bond donors (Lipinski definition) is 1. The molecule has 1 heterocycles. The molecule has 1 N–H and O–H groups in total. The van der Waals surface area contributed by atoms with Crippen molar-refractivity contribution in [2.24, 2.45) is 0 Å². The smallest absolute Gasteiger partial charge is 0.256 e. The quantitative estimate of drug-likeness (QED) is 0.893. The first-order valence-corrected chi connectivity index (χ1v) is 9.13. The number of nitrogens with zero attached hydrogens (tertiary/aromatic N) is 2. The molecule has 0 atom stereocenters. The normalized spacial score (nSPS) is 14.0. The molecule has 5 nitrogen and oxygen atoms in total. The van der Waals surface area contributed by atoms with Crippen LogP contribution < -0.4 is 10.2 Å². The molecule has 0 unspecified atom stereocenters. The SMILES string of the molecule is CN(C)c1ccc(NC(=O)c2cccc(F)c2)cc1C(=O)N1CCCCC1. The van der Waals surface area contributed by atoms with Crippen LogP contribution in [-0.2, 0) is 0 Å². The molecule has 1 aliphatic rings. The summed E-state index contributed by atoms with van der Waals surface area (Å²) in [7, 11) is 3.76. The Hall–Kier alpha value is -2.89. The van der Waals surface area contributed by atoms with Gasteiger partial charge in [0.15, 0.2) is 0 Å². The predicted octanol–water partition coefficient (Wildman–Crippen LogP) is 3.77. The molecule has 1 saturated heterocycles. The molecule has 0 radical (unpaired) electrons. The zero-order chi connectivity index (χ0) is 19.4. The first-order valence-electron chi connectivity index (χ1n) is 9.13. The number of halogens is 1. The summed E-state index contributed by atoms with van der Waals surface area (Å²) in [5.41, 5.74) is 2.10. The van der Waals surface area contributed by atoms with Gasteiger partial charge in [0.05, 0.1) is 5.56 Å². The van der Waals surface area contributed by atoms with Gasteiger partial charge < -0.3 is 15.1 Å². The van der Waals surface area contributed by atoms with Gasteiger partial charge in [0.25, 0.3) is 11.8 Å². The van der Waals surface area contributed by atoms with Crippen LogP contribution in [0.1, 0.15) is 40.0 Å². The monoisotopic (exact) mass is 369 g/mol. The topological polar surface area (TPSA) is 52.7 Å². The van der Waals surface area contributed by atoms with E-state index in [1.54, 1.807) is 18.2 Å². The standard InChI is InChI=1S/C21H24FN3O2/c1-24(2)19-10-9-17(23-20(26)15-7-6-8-16(22)13-15)14-18(19)21(27)25-11-4-3-5-12-25/h6-10,13-14H,3-5,11-12H2,1-2H3,(H,23,26). The number of likely N-dealkylation sites (tertiary alicyclic amines) is 1. The highest BCUT2D eigenvalue weighted by Crippen LogP contribution is 2.26. The Labute approximate surface area is 158 Å². The highest BCUT2D eigenvalue weighted by Gasteiger charge is 2.22. The number of carbonyl (C=O) groups is 2. The molecule has 2 aromatic carbocycles. The van der Waals surface area contributed by atoms with Gasteiger partial charge in [-0.25, -0.2) is 4.39 Å². The van der Waals surface area contributed by atoms with Gasteiger partial charge in [-0.05, 0) is 55.7 Å². The highest BCUT2D eigenvalue weighted by atomic mass is 19.1. The first kappa shape index (κ1) is 18.9. The van der Waals surface area contributed by atoms with Crippen molar-refractivity contribution < 1.29 is 14.0 Å². The van der Waals surface area contributed by atoms with Crippen molar-refractivity contribution in [3.05, 3.63) is 59.4 Å². The van der Waals surface area contributed by atoms with Crippen LogP contribution in [0.15, 0.2) is 42.5 Å². The van der Waals surface area contributed by atoms with Crippen LogP contribution in [0.3, 0.4) is 0 Å². The molecule has 0 aromatic heterocycles. The molecule has 0 bridgehead atoms. The number of carbonyl (C=O) groups excluding carboxylic acids is 2. The third-order valence-corrected chi connectivity index (χ3v) is 4.70. The van der Waals surface area contributed by atoms with Crippen molar-refractivity contribution in [3.63, 3.8) is 0 Å². The van der Waals surface area contributed by atoms with E-state index in [1.165, 1.54) is 18.2 Å². The average Bonchev–Trinajstić information content (AvgIpc) is 2.68. The Morgan fingerprint density at radius 3 is 2.44 bits per heavy atom. The lowest BCUT2D eigenvalue weighted by Gasteiger charge is -2.28. The third kappa shape index (κ3) is 4.45. The van der Waals surface area contributed by atoms with Gasteiger partial charge in [0, 0.05) is 44.1 Å². The lowest BCUT2D eigenvalue weighted by Crippen LogP contribution is -2.36. The zero-order valence-corrected chi connectivity index (χ0v) is 15.7. The Kier molecular flexibility index (Phi) is 5.74. The Bertz CT molecular complexity index is 845. The fraction of sp³-hybridized carbons (Fsp3) is 0.333. The number of nitrogens with one attached hydrogen (secondary N) is 1. The number of rotatable bonds is 4. The highest BCUT2D eigenvalue weighted by molar-refractivity contribution is 6.06. The summed E-state index contributed by atoms with van der Waals surface area (Å²) in [5.74, 6) is -0.907. The second kappa shape index (κ2) is 8.20. The summed E-state index contributed by atoms with van der Waals surface area (Å²) in [6, 6.07) is 10.8. The second-order valence-electron chi connectivity index (χ2n) is 6.94. The number of hydrogen-bond acceptors (Lipinski definition) is 3. The lowest BCUT2D eigenvalue weighted by molar-refractivity contribution is 0.0724. The average molecular weight is 369 g/mol. The molecule has 1 fully saturated rings. The van der Waals surface area contributed by atoms with E-state index in [9.17, 15) is 14.0 Å². The summed E-state index contributed by atoms with van der Waals surface area (Å²) in [4.78, 5) is 29.1. The summed E-state index contributed by atoms with van der Waals surface area (Å²) < 4.78 is 13.3. The van der Waals surface area contributed by atoms with Crippen LogP contribution in [0.5, 0.6) is 0 Å². The summed E-state index contributed by atoms with van der Waals surface area (Å²) in [6.45, 7) is 1.51. The molecular formula is C21H24FN3O2. The first-order chi connectivity index (χ1) is 13.0. The fourth-order valence-electron chi connectivity index (χ4n) is 3.28. The lowest BCUT2D eigenvalue weighted by atomic mass is 10.1. The minimum Gasteiger partial charge on any atom is -0.377 e. The second-order valence-corrected chi connectivity index (χ2v) is 6.94. The van der Waals surface area contributed by atoms with Crippen molar-refractivity contribution in [2.45, 2.75) is 19.3 Å². The molecule has 2 aromatic rings. The van der Waals surface area contributed by atoms with Crippen molar-refractivity contribution >= 4 is 23.2 Å². The largest absolute Gasteiger partial charge is 0.377 e. The maximum Gasteiger partial charge on any atom is 0.256 e. The van der Waals surface area contributed by atoms with Gasteiger partial charge >= 0.3 is 0 Å². The van der Waals surface area contributed by atoms with E-state index in [0.29, 0.717) is 11.3 Å².